The molecule has 1 N–H and O–H groups in total. The number of para-hydroxylation sites is 1. The van der Waals surface area contributed by atoms with Crippen LogP contribution >= 0.6 is 0 Å². The normalized spacial score (nSPS) is 16.1. The van der Waals surface area contributed by atoms with Gasteiger partial charge in [0.1, 0.15) is 0 Å². The van der Waals surface area contributed by atoms with Crippen molar-refractivity contribution in [3.05, 3.63) is 65.9 Å². The van der Waals surface area contributed by atoms with E-state index in [9.17, 15) is 4.79 Å². The first-order chi connectivity index (χ1) is 12.3. The highest BCUT2D eigenvalue weighted by Crippen LogP contribution is 2.18. The fourth-order valence-electron chi connectivity index (χ4n) is 3.45. The molecule has 2 aromatic carbocycles. The third kappa shape index (κ3) is 3.42. The maximum Gasteiger partial charge on any atom is 0.275 e. The van der Waals surface area contributed by atoms with Gasteiger partial charge in [0, 0.05) is 38.1 Å². The van der Waals surface area contributed by atoms with Crippen LogP contribution < -0.4 is 0 Å². The molecule has 1 aliphatic rings. The van der Waals surface area contributed by atoms with E-state index in [1.165, 1.54) is 5.56 Å². The van der Waals surface area contributed by atoms with Crippen molar-refractivity contribution in [2.45, 2.75) is 13.0 Å². The number of fused-ring (bicyclic) bond motifs is 1. The first kappa shape index (κ1) is 15.8. The van der Waals surface area contributed by atoms with E-state index >= 15 is 0 Å². The van der Waals surface area contributed by atoms with Crippen molar-refractivity contribution in [3.8, 4) is 0 Å². The highest BCUT2D eigenvalue weighted by molar-refractivity contribution is 6.04. The first-order valence-corrected chi connectivity index (χ1v) is 8.80. The molecule has 0 saturated carbocycles. The van der Waals surface area contributed by atoms with Crippen LogP contribution in [0.25, 0.3) is 10.9 Å². The van der Waals surface area contributed by atoms with Gasteiger partial charge in [-0.05, 0) is 18.1 Å². The van der Waals surface area contributed by atoms with E-state index < -0.39 is 0 Å². The minimum atomic E-state index is 0.0269. The van der Waals surface area contributed by atoms with Crippen molar-refractivity contribution in [1.29, 1.82) is 0 Å². The zero-order chi connectivity index (χ0) is 17.1. The Morgan fingerprint density at radius 2 is 1.76 bits per heavy atom. The van der Waals surface area contributed by atoms with E-state index in [1.807, 2.05) is 35.2 Å². The Morgan fingerprint density at radius 1 is 0.960 bits per heavy atom. The van der Waals surface area contributed by atoms with E-state index in [2.05, 4.69) is 39.4 Å². The molecule has 5 heteroatoms. The van der Waals surface area contributed by atoms with Crippen LogP contribution in [-0.4, -0.2) is 52.1 Å². The molecule has 0 radical (unpaired) electrons. The van der Waals surface area contributed by atoms with Gasteiger partial charge in [-0.15, -0.1) is 0 Å². The number of carbonyl (C=O) groups excluding carboxylic acids is 1. The Labute approximate surface area is 147 Å². The fraction of sp³-hybridized carbons (Fsp3) is 0.300. The van der Waals surface area contributed by atoms with Gasteiger partial charge in [0.15, 0.2) is 5.69 Å². The molecule has 1 aliphatic heterocycles. The molecule has 2 heterocycles. The smallest absolute Gasteiger partial charge is 0.275 e. The van der Waals surface area contributed by atoms with Gasteiger partial charge in [-0.25, -0.2) is 0 Å². The lowest BCUT2D eigenvalue weighted by atomic mass is 10.2. The van der Waals surface area contributed by atoms with E-state index in [1.54, 1.807) is 0 Å². The average Bonchev–Trinajstić information content (AvgIpc) is 2.95. The molecule has 0 atom stereocenters. The fourth-order valence-corrected chi connectivity index (χ4v) is 3.45. The summed E-state index contributed by atoms with van der Waals surface area (Å²) in [5.74, 6) is 0.0269. The number of nitrogens with one attached hydrogen (secondary N) is 1. The molecule has 0 bridgehead atoms. The lowest BCUT2D eigenvalue weighted by Gasteiger charge is -2.21. The number of aromatic amines is 1. The molecule has 0 aliphatic carbocycles. The Bertz CT molecular complexity index is 858. The van der Waals surface area contributed by atoms with Gasteiger partial charge in [-0.3, -0.25) is 14.8 Å². The number of hydrogen-bond acceptors (Lipinski definition) is 3. The molecule has 5 nitrogen and oxygen atoms in total. The van der Waals surface area contributed by atoms with Gasteiger partial charge in [0.05, 0.1) is 5.52 Å². The van der Waals surface area contributed by atoms with Crippen molar-refractivity contribution >= 4 is 16.8 Å². The predicted octanol–water partition coefficient (Wildman–Crippen LogP) is 2.91. The van der Waals surface area contributed by atoms with Crippen LogP contribution in [0.1, 0.15) is 22.5 Å². The molecule has 4 rings (SSSR count). The molecule has 1 amide bonds. The second-order valence-corrected chi connectivity index (χ2v) is 6.53. The topological polar surface area (TPSA) is 52.2 Å². The minimum absolute atomic E-state index is 0.0269. The summed E-state index contributed by atoms with van der Waals surface area (Å²) in [5.41, 5.74) is 2.76. The predicted molar refractivity (Wildman–Crippen MR) is 98.3 cm³/mol. The Morgan fingerprint density at radius 3 is 2.64 bits per heavy atom. The van der Waals surface area contributed by atoms with Gasteiger partial charge < -0.3 is 4.90 Å². The molecule has 25 heavy (non-hydrogen) atoms. The number of nitrogens with zero attached hydrogens (tertiary/aromatic N) is 3. The largest absolute Gasteiger partial charge is 0.336 e. The van der Waals surface area contributed by atoms with E-state index in [-0.39, 0.29) is 5.91 Å². The minimum Gasteiger partial charge on any atom is -0.336 e. The summed E-state index contributed by atoms with van der Waals surface area (Å²) >= 11 is 0. The molecular weight excluding hydrogens is 312 g/mol. The molecule has 1 saturated heterocycles. The maximum atomic E-state index is 12.9. The number of carbonyl (C=O) groups is 1. The summed E-state index contributed by atoms with van der Waals surface area (Å²) < 4.78 is 0. The number of hydrogen-bond donors (Lipinski definition) is 1. The van der Waals surface area contributed by atoms with Crippen LogP contribution in [0.4, 0.5) is 0 Å². The zero-order valence-electron chi connectivity index (χ0n) is 14.2. The summed E-state index contributed by atoms with van der Waals surface area (Å²) in [6, 6.07) is 18.3. The lowest BCUT2D eigenvalue weighted by molar-refractivity contribution is 0.0757. The second kappa shape index (κ2) is 7.07. The van der Waals surface area contributed by atoms with Gasteiger partial charge in [0.25, 0.3) is 5.91 Å². The maximum absolute atomic E-state index is 12.9. The van der Waals surface area contributed by atoms with Gasteiger partial charge in [-0.2, -0.15) is 5.10 Å². The Kier molecular flexibility index (Phi) is 4.48. The van der Waals surface area contributed by atoms with Crippen molar-refractivity contribution < 1.29 is 4.79 Å². The van der Waals surface area contributed by atoms with Crippen LogP contribution in [0.5, 0.6) is 0 Å². The zero-order valence-corrected chi connectivity index (χ0v) is 14.2. The third-order valence-corrected chi connectivity index (χ3v) is 4.80. The van der Waals surface area contributed by atoms with Crippen LogP contribution in [0.15, 0.2) is 54.6 Å². The van der Waals surface area contributed by atoms with Crippen molar-refractivity contribution in [3.63, 3.8) is 0 Å². The van der Waals surface area contributed by atoms with Crippen LogP contribution in [-0.2, 0) is 6.54 Å². The number of rotatable bonds is 3. The van der Waals surface area contributed by atoms with Crippen molar-refractivity contribution in [2.24, 2.45) is 0 Å². The molecule has 1 aromatic heterocycles. The van der Waals surface area contributed by atoms with Crippen molar-refractivity contribution in [2.75, 3.05) is 26.2 Å². The monoisotopic (exact) mass is 334 g/mol. The average molecular weight is 334 g/mol. The van der Waals surface area contributed by atoms with E-state index in [0.29, 0.717) is 5.69 Å². The standard InChI is InChI=1S/C20H22N4O/c25-20(19-17-9-4-5-10-18(17)21-22-19)24-12-6-11-23(13-14-24)15-16-7-2-1-3-8-16/h1-5,7-10H,6,11-15H2,(H,21,22). The van der Waals surface area contributed by atoms with Crippen LogP contribution in [0, 0.1) is 0 Å². The highest BCUT2D eigenvalue weighted by Gasteiger charge is 2.23. The van der Waals surface area contributed by atoms with Crippen LogP contribution in [0.3, 0.4) is 0 Å². The molecule has 0 spiro atoms. The first-order valence-electron chi connectivity index (χ1n) is 8.80. The number of aromatic nitrogens is 2. The number of amides is 1. The summed E-state index contributed by atoms with van der Waals surface area (Å²) in [5, 5.41) is 8.12. The van der Waals surface area contributed by atoms with Gasteiger partial charge in [-0.1, -0.05) is 48.5 Å². The summed E-state index contributed by atoms with van der Waals surface area (Å²) in [6.07, 6.45) is 0.987. The molecule has 0 unspecified atom stereocenters. The highest BCUT2D eigenvalue weighted by atomic mass is 16.2. The SMILES string of the molecule is O=C(c1n[nH]c2ccccc12)N1CCCN(Cc2ccccc2)CC1. The Hall–Kier alpha value is -2.66. The van der Waals surface area contributed by atoms with E-state index in [4.69, 9.17) is 0 Å². The van der Waals surface area contributed by atoms with Gasteiger partial charge >= 0.3 is 0 Å². The molecule has 128 valence electrons. The number of benzene rings is 2. The number of H-pyrrole nitrogens is 1. The lowest BCUT2D eigenvalue weighted by Crippen LogP contribution is -2.35. The second-order valence-electron chi connectivity index (χ2n) is 6.53. The quantitative estimate of drug-likeness (QED) is 0.801. The summed E-state index contributed by atoms with van der Waals surface area (Å²) in [6.45, 7) is 4.37. The van der Waals surface area contributed by atoms with Gasteiger partial charge in [0.2, 0.25) is 0 Å². The summed E-state index contributed by atoms with van der Waals surface area (Å²) in [7, 11) is 0. The van der Waals surface area contributed by atoms with E-state index in [0.717, 1.165) is 50.0 Å². The molecule has 1 fully saturated rings. The third-order valence-electron chi connectivity index (χ3n) is 4.80. The van der Waals surface area contributed by atoms with Crippen molar-refractivity contribution in [1.82, 2.24) is 20.0 Å². The summed E-state index contributed by atoms with van der Waals surface area (Å²) in [4.78, 5) is 17.3. The molecule has 3 aromatic rings. The molecular formula is C20H22N4O. The van der Waals surface area contributed by atoms with Crippen LogP contribution in [0.2, 0.25) is 0 Å². The Balaban J connectivity index is 1.44.